The van der Waals surface area contributed by atoms with Crippen LogP contribution < -0.4 is 0 Å². The number of nitrogens with zero attached hydrogens (tertiary/aromatic N) is 4. The zero-order chi connectivity index (χ0) is 21.6. The highest BCUT2D eigenvalue weighted by atomic mass is 35.5. The van der Waals surface area contributed by atoms with Gasteiger partial charge in [-0.15, -0.1) is 0 Å². The molecule has 1 aromatic rings. The maximum atomic E-state index is 13.1. The Morgan fingerprint density at radius 1 is 1.30 bits per heavy atom. The Hall–Kier alpha value is -2.58. The molecule has 0 atom stereocenters. The molecule has 4 heterocycles. The van der Waals surface area contributed by atoms with Crippen LogP contribution in [0.1, 0.15) is 17.7 Å². The van der Waals surface area contributed by atoms with Gasteiger partial charge in [-0.2, -0.15) is 13.2 Å². The molecular formula is C21H20ClF3N4O. The van der Waals surface area contributed by atoms with E-state index in [9.17, 15) is 18.0 Å². The van der Waals surface area contributed by atoms with Gasteiger partial charge in [0.2, 0.25) is 0 Å². The molecule has 0 N–H and O–H groups in total. The minimum atomic E-state index is -4.50. The summed E-state index contributed by atoms with van der Waals surface area (Å²) in [5.41, 5.74) is 2.19. The van der Waals surface area contributed by atoms with Gasteiger partial charge in [0.15, 0.2) is 0 Å². The van der Waals surface area contributed by atoms with E-state index in [1.165, 1.54) is 17.1 Å². The normalized spacial score (nSPS) is 18.5. The summed E-state index contributed by atoms with van der Waals surface area (Å²) in [6, 6.07) is 1.43. The number of carbonyl (C=O) groups is 1. The van der Waals surface area contributed by atoms with Crippen LogP contribution in [0.3, 0.4) is 0 Å². The Labute approximate surface area is 177 Å². The summed E-state index contributed by atoms with van der Waals surface area (Å²) in [7, 11) is 3.92. The molecule has 5 nitrogen and oxygen atoms in total. The zero-order valence-electron chi connectivity index (χ0n) is 16.5. The molecular weight excluding hydrogens is 417 g/mol. The molecule has 9 heteroatoms. The van der Waals surface area contributed by atoms with E-state index in [4.69, 9.17) is 11.6 Å². The number of hydrogen-bond donors (Lipinski definition) is 0. The second-order valence-electron chi connectivity index (χ2n) is 7.65. The third-order valence-corrected chi connectivity index (χ3v) is 5.45. The van der Waals surface area contributed by atoms with Crippen LogP contribution in [0.25, 0.3) is 5.57 Å². The van der Waals surface area contributed by atoms with E-state index in [0.29, 0.717) is 29.4 Å². The second kappa shape index (κ2) is 7.59. The summed E-state index contributed by atoms with van der Waals surface area (Å²) >= 11 is 6.41. The van der Waals surface area contributed by atoms with E-state index >= 15 is 0 Å². The van der Waals surface area contributed by atoms with Gasteiger partial charge >= 0.3 is 12.2 Å². The fourth-order valence-electron chi connectivity index (χ4n) is 3.74. The Bertz CT molecular complexity index is 1020. The highest BCUT2D eigenvalue weighted by Gasteiger charge is 2.46. The summed E-state index contributed by atoms with van der Waals surface area (Å²) < 4.78 is 39.4. The highest BCUT2D eigenvalue weighted by Crippen LogP contribution is 2.44. The van der Waals surface area contributed by atoms with Crippen molar-refractivity contribution in [1.29, 1.82) is 0 Å². The molecule has 0 fully saturated rings. The van der Waals surface area contributed by atoms with Gasteiger partial charge < -0.3 is 9.80 Å². The van der Waals surface area contributed by atoms with Gasteiger partial charge in [-0.05, 0) is 55.9 Å². The standard InChI is InChI=1S/C21H20ClF3N4O/c1-27(2)12-13-9-17(22)19(26-11-13)14-5-7-28(8-6-14)20(30)29-15-3-4-16(18(29)10-15)21(23,24)25/h3-5,9-11H,6-8,12H2,1-2H3. The lowest BCUT2D eigenvalue weighted by atomic mass is 9.96. The number of alkyl halides is 3. The van der Waals surface area contributed by atoms with E-state index < -0.39 is 17.8 Å². The van der Waals surface area contributed by atoms with Crippen LogP contribution in [0.4, 0.5) is 18.0 Å². The molecule has 4 rings (SSSR count). The molecule has 0 saturated carbocycles. The van der Waals surface area contributed by atoms with Gasteiger partial charge in [0.1, 0.15) is 0 Å². The lowest BCUT2D eigenvalue weighted by molar-refractivity contribution is -0.0915. The Kier molecular flexibility index (Phi) is 5.23. The molecule has 2 bridgehead atoms. The lowest BCUT2D eigenvalue weighted by Gasteiger charge is -2.41. The summed E-state index contributed by atoms with van der Waals surface area (Å²) in [5, 5.41) is 0.549. The topological polar surface area (TPSA) is 39.7 Å². The molecule has 0 unspecified atom stereocenters. The lowest BCUT2D eigenvalue weighted by Crippen LogP contribution is -2.48. The van der Waals surface area contributed by atoms with E-state index in [2.05, 4.69) is 4.98 Å². The number of hydrogen-bond acceptors (Lipinski definition) is 3. The first-order valence-corrected chi connectivity index (χ1v) is 9.82. The number of pyridine rings is 1. The van der Waals surface area contributed by atoms with Gasteiger partial charge in [0, 0.05) is 25.8 Å². The van der Waals surface area contributed by atoms with Gasteiger partial charge in [0.25, 0.3) is 0 Å². The Balaban J connectivity index is 1.45. The van der Waals surface area contributed by atoms with Gasteiger partial charge in [-0.25, -0.2) is 4.79 Å². The first-order chi connectivity index (χ1) is 14.1. The zero-order valence-corrected chi connectivity index (χ0v) is 17.3. The molecule has 0 aliphatic carbocycles. The van der Waals surface area contributed by atoms with Crippen LogP contribution >= 0.6 is 11.6 Å². The van der Waals surface area contributed by atoms with Crippen molar-refractivity contribution in [2.75, 3.05) is 27.2 Å². The average Bonchev–Trinajstić information content (AvgIpc) is 2.67. The van der Waals surface area contributed by atoms with Crippen molar-refractivity contribution >= 4 is 23.2 Å². The van der Waals surface area contributed by atoms with Crippen molar-refractivity contribution < 1.29 is 18.0 Å². The summed E-state index contributed by atoms with van der Waals surface area (Å²) in [6.07, 6.45) is 3.38. The number of urea groups is 1. The fraction of sp³-hybridized carbons (Fsp3) is 0.333. The van der Waals surface area contributed by atoms with Crippen molar-refractivity contribution in [1.82, 2.24) is 19.7 Å². The van der Waals surface area contributed by atoms with Crippen LogP contribution in [-0.4, -0.2) is 59.1 Å². The summed E-state index contributed by atoms with van der Waals surface area (Å²) in [6.45, 7) is 1.39. The molecule has 0 spiro atoms. The molecule has 1 aromatic heterocycles. The Morgan fingerprint density at radius 3 is 2.63 bits per heavy atom. The van der Waals surface area contributed by atoms with Crippen LogP contribution in [-0.2, 0) is 6.54 Å². The smallest absolute Gasteiger partial charge is 0.320 e. The maximum absolute atomic E-state index is 13.1. The molecule has 0 saturated heterocycles. The van der Waals surface area contributed by atoms with Crippen molar-refractivity contribution in [2.45, 2.75) is 19.1 Å². The van der Waals surface area contributed by atoms with Crippen LogP contribution in [0.5, 0.6) is 0 Å². The monoisotopic (exact) mass is 436 g/mol. The van der Waals surface area contributed by atoms with Crippen LogP contribution in [0, 0.1) is 0 Å². The fourth-order valence-corrected chi connectivity index (χ4v) is 4.05. The summed E-state index contributed by atoms with van der Waals surface area (Å²) in [5.74, 6) is 0. The van der Waals surface area contributed by atoms with E-state index in [-0.39, 0.29) is 12.2 Å². The van der Waals surface area contributed by atoms with Gasteiger partial charge in [0.05, 0.1) is 27.7 Å². The minimum absolute atomic E-state index is 0.0963. The third-order valence-electron chi connectivity index (χ3n) is 5.16. The number of allylic oxidation sites excluding steroid dienone is 4. The third kappa shape index (κ3) is 3.77. The molecule has 0 radical (unpaired) electrons. The first kappa shape index (κ1) is 20.7. The van der Waals surface area contributed by atoms with E-state index in [1.807, 2.05) is 31.1 Å². The van der Waals surface area contributed by atoms with Crippen molar-refractivity contribution in [2.24, 2.45) is 0 Å². The first-order valence-electron chi connectivity index (χ1n) is 9.44. The molecule has 158 valence electrons. The van der Waals surface area contributed by atoms with Crippen molar-refractivity contribution in [3.05, 3.63) is 69.8 Å². The average molecular weight is 437 g/mol. The number of halogens is 4. The molecule has 2 amide bonds. The molecule has 0 aromatic carbocycles. The van der Waals surface area contributed by atoms with Crippen molar-refractivity contribution in [3.63, 3.8) is 0 Å². The minimum Gasteiger partial charge on any atom is -0.320 e. The van der Waals surface area contributed by atoms with Crippen LogP contribution in [0.2, 0.25) is 5.02 Å². The summed E-state index contributed by atoms with van der Waals surface area (Å²) in [4.78, 5) is 22.0. The molecule has 30 heavy (non-hydrogen) atoms. The number of aromatic nitrogens is 1. The quantitative estimate of drug-likeness (QED) is 0.695. The Morgan fingerprint density at radius 2 is 2.07 bits per heavy atom. The number of amides is 2. The van der Waals surface area contributed by atoms with Gasteiger partial charge in [-0.1, -0.05) is 17.7 Å². The van der Waals surface area contributed by atoms with E-state index in [1.54, 1.807) is 6.20 Å². The number of carbonyl (C=O) groups excluding carboxylic acids is 1. The highest BCUT2D eigenvalue weighted by molar-refractivity contribution is 6.32. The van der Waals surface area contributed by atoms with Crippen LogP contribution in [0.15, 0.2) is 53.5 Å². The predicted octanol–water partition coefficient (Wildman–Crippen LogP) is 4.59. The number of rotatable bonds is 3. The maximum Gasteiger partial charge on any atom is 0.418 e. The van der Waals surface area contributed by atoms with Crippen molar-refractivity contribution in [3.8, 4) is 0 Å². The molecule has 3 aliphatic rings. The predicted molar refractivity (Wildman–Crippen MR) is 108 cm³/mol. The largest absolute Gasteiger partial charge is 0.418 e. The SMILES string of the molecule is CN(C)Cc1cnc(C2=CCN(C(=O)N3c4ccc(C(F)(F)F)c3c4)CC2)c(Cl)c1. The molecule has 3 aliphatic heterocycles. The number of fused-ring (bicyclic) bond motifs is 2. The second-order valence-corrected chi connectivity index (χ2v) is 8.06. The van der Waals surface area contributed by atoms with Gasteiger partial charge in [-0.3, -0.25) is 9.88 Å². The van der Waals surface area contributed by atoms with E-state index in [0.717, 1.165) is 28.7 Å².